The van der Waals surface area contributed by atoms with Crippen molar-refractivity contribution >= 4 is 23.1 Å². The van der Waals surface area contributed by atoms with Gasteiger partial charge in [-0.15, -0.1) is 11.6 Å². The molecule has 132 valence electrons. The fraction of sp³-hybridized carbons (Fsp3) is 0.409. The molecule has 1 saturated carbocycles. The van der Waals surface area contributed by atoms with E-state index in [1.807, 2.05) is 43.3 Å². The fourth-order valence-electron chi connectivity index (χ4n) is 3.29. The van der Waals surface area contributed by atoms with Crippen molar-refractivity contribution in [1.82, 2.24) is 0 Å². The van der Waals surface area contributed by atoms with Crippen LogP contribution in [0, 0.1) is 12.8 Å². The van der Waals surface area contributed by atoms with Crippen LogP contribution in [0.5, 0.6) is 0 Å². The Labute approximate surface area is 155 Å². The summed E-state index contributed by atoms with van der Waals surface area (Å²) in [5.74, 6) is 1.58. The molecular weight excluding hydrogens is 330 g/mol. The van der Waals surface area contributed by atoms with Crippen LogP contribution in [0.15, 0.2) is 48.5 Å². The maximum atomic E-state index is 12.6. The Bertz CT molecular complexity index is 689. The van der Waals surface area contributed by atoms with Gasteiger partial charge in [0.25, 0.3) is 0 Å². The minimum Gasteiger partial charge on any atom is -0.370 e. The first-order valence-corrected chi connectivity index (χ1v) is 9.73. The third kappa shape index (κ3) is 4.64. The zero-order chi connectivity index (χ0) is 17.6. The van der Waals surface area contributed by atoms with Crippen molar-refractivity contribution < 1.29 is 4.79 Å². The van der Waals surface area contributed by atoms with E-state index in [0.29, 0.717) is 5.88 Å². The number of aryl methyl sites for hydroxylation is 1. The van der Waals surface area contributed by atoms with Gasteiger partial charge in [0.1, 0.15) is 0 Å². The van der Waals surface area contributed by atoms with E-state index in [4.69, 9.17) is 11.6 Å². The monoisotopic (exact) mass is 355 g/mol. The third-order valence-electron chi connectivity index (χ3n) is 5.19. The summed E-state index contributed by atoms with van der Waals surface area (Å²) in [7, 11) is 0. The zero-order valence-corrected chi connectivity index (χ0v) is 15.6. The number of rotatable bonds is 8. The summed E-state index contributed by atoms with van der Waals surface area (Å²) in [6, 6.07) is 15.7. The normalized spacial score (nSPS) is 14.2. The van der Waals surface area contributed by atoms with Crippen LogP contribution in [0.25, 0.3) is 0 Å². The van der Waals surface area contributed by atoms with E-state index in [2.05, 4.69) is 17.0 Å². The number of hydrogen-bond donors (Lipinski definition) is 0. The van der Waals surface area contributed by atoms with Crippen LogP contribution in [0.2, 0.25) is 0 Å². The Morgan fingerprint density at radius 3 is 2.12 bits per heavy atom. The zero-order valence-electron chi connectivity index (χ0n) is 14.9. The molecule has 0 radical (unpaired) electrons. The molecule has 0 unspecified atom stereocenters. The number of ketones is 1. The number of hydrogen-bond acceptors (Lipinski definition) is 2. The van der Waals surface area contributed by atoms with E-state index in [-0.39, 0.29) is 5.78 Å². The Kier molecular flexibility index (Phi) is 6.14. The minimum atomic E-state index is 0.0740. The molecule has 1 aliphatic carbocycles. The van der Waals surface area contributed by atoms with Gasteiger partial charge in [-0.3, -0.25) is 4.79 Å². The Morgan fingerprint density at radius 2 is 1.60 bits per heavy atom. The lowest BCUT2D eigenvalue weighted by Crippen LogP contribution is -2.29. The molecule has 0 aliphatic heterocycles. The van der Waals surface area contributed by atoms with Crippen LogP contribution in [0.4, 0.5) is 5.69 Å². The quantitative estimate of drug-likeness (QED) is 0.462. The Hall–Kier alpha value is -1.80. The highest BCUT2D eigenvalue weighted by Gasteiger charge is 2.18. The second-order valence-corrected chi connectivity index (χ2v) is 7.38. The number of halogens is 1. The summed E-state index contributed by atoms with van der Waals surface area (Å²) in [5.41, 5.74) is 3.79. The molecular formula is C22H26ClNO. The summed E-state index contributed by atoms with van der Waals surface area (Å²) >= 11 is 5.99. The number of alkyl halides is 1. The lowest BCUT2D eigenvalue weighted by molar-refractivity contribution is 0.103. The van der Waals surface area contributed by atoms with Gasteiger partial charge in [-0.05, 0) is 43.5 Å². The van der Waals surface area contributed by atoms with Crippen molar-refractivity contribution in [3.05, 3.63) is 65.2 Å². The highest BCUT2D eigenvalue weighted by atomic mass is 35.5. The van der Waals surface area contributed by atoms with Crippen LogP contribution in [0.1, 0.15) is 47.2 Å². The summed E-state index contributed by atoms with van der Waals surface area (Å²) in [6.07, 6.45) is 5.37. The van der Waals surface area contributed by atoms with Gasteiger partial charge in [0, 0.05) is 35.8 Å². The lowest BCUT2D eigenvalue weighted by Gasteiger charge is -2.30. The van der Waals surface area contributed by atoms with Gasteiger partial charge in [-0.25, -0.2) is 0 Å². The smallest absolute Gasteiger partial charge is 0.193 e. The molecule has 0 N–H and O–H groups in total. The summed E-state index contributed by atoms with van der Waals surface area (Å²) in [6.45, 7) is 3.92. The number of anilines is 1. The fourth-order valence-corrected chi connectivity index (χ4v) is 3.49. The molecule has 0 bridgehead atoms. The SMILES string of the molecule is Cc1ccc(C(=O)c2ccc(N(CCCl)CCC3CCC3)cc2)cc1. The highest BCUT2D eigenvalue weighted by molar-refractivity contribution is 6.18. The predicted octanol–water partition coefficient (Wildman–Crippen LogP) is 5.46. The highest BCUT2D eigenvalue weighted by Crippen LogP contribution is 2.30. The van der Waals surface area contributed by atoms with Gasteiger partial charge in [-0.2, -0.15) is 0 Å². The predicted molar refractivity (Wildman–Crippen MR) is 106 cm³/mol. The first-order chi connectivity index (χ1) is 12.2. The molecule has 0 heterocycles. The lowest BCUT2D eigenvalue weighted by atomic mass is 9.83. The van der Waals surface area contributed by atoms with E-state index in [0.717, 1.165) is 41.4 Å². The molecule has 3 heteroatoms. The second kappa shape index (κ2) is 8.53. The largest absolute Gasteiger partial charge is 0.370 e. The van der Waals surface area contributed by atoms with E-state index < -0.39 is 0 Å². The van der Waals surface area contributed by atoms with Gasteiger partial charge in [0.2, 0.25) is 0 Å². The Morgan fingerprint density at radius 1 is 1.00 bits per heavy atom. The molecule has 0 aromatic heterocycles. The van der Waals surface area contributed by atoms with Crippen molar-refractivity contribution in [2.45, 2.75) is 32.6 Å². The molecule has 25 heavy (non-hydrogen) atoms. The van der Waals surface area contributed by atoms with Gasteiger partial charge in [-0.1, -0.05) is 49.1 Å². The molecule has 0 atom stereocenters. The molecule has 2 nitrogen and oxygen atoms in total. The molecule has 1 fully saturated rings. The maximum Gasteiger partial charge on any atom is 0.193 e. The number of carbonyl (C=O) groups is 1. The molecule has 0 amide bonds. The molecule has 0 spiro atoms. The molecule has 2 aromatic carbocycles. The van der Waals surface area contributed by atoms with Gasteiger partial charge in [0.05, 0.1) is 0 Å². The summed E-state index contributed by atoms with van der Waals surface area (Å²) in [5, 5.41) is 0. The van der Waals surface area contributed by atoms with Crippen molar-refractivity contribution in [2.75, 3.05) is 23.9 Å². The first-order valence-electron chi connectivity index (χ1n) is 9.19. The summed E-state index contributed by atoms with van der Waals surface area (Å²) in [4.78, 5) is 14.9. The van der Waals surface area contributed by atoms with Crippen molar-refractivity contribution in [3.63, 3.8) is 0 Å². The third-order valence-corrected chi connectivity index (χ3v) is 5.36. The molecule has 3 rings (SSSR count). The van der Waals surface area contributed by atoms with Crippen LogP contribution >= 0.6 is 11.6 Å². The Balaban J connectivity index is 1.68. The average Bonchev–Trinajstić information content (AvgIpc) is 2.60. The molecule has 2 aromatic rings. The van der Waals surface area contributed by atoms with Crippen molar-refractivity contribution in [1.29, 1.82) is 0 Å². The average molecular weight is 356 g/mol. The van der Waals surface area contributed by atoms with E-state index in [1.165, 1.54) is 25.7 Å². The number of carbonyl (C=O) groups excluding carboxylic acids is 1. The second-order valence-electron chi connectivity index (χ2n) is 7.00. The van der Waals surface area contributed by atoms with Gasteiger partial charge >= 0.3 is 0 Å². The number of benzene rings is 2. The van der Waals surface area contributed by atoms with Crippen molar-refractivity contribution in [3.8, 4) is 0 Å². The van der Waals surface area contributed by atoms with E-state index >= 15 is 0 Å². The summed E-state index contributed by atoms with van der Waals surface area (Å²) < 4.78 is 0. The topological polar surface area (TPSA) is 20.3 Å². The van der Waals surface area contributed by atoms with E-state index in [9.17, 15) is 4.79 Å². The molecule has 0 saturated heterocycles. The minimum absolute atomic E-state index is 0.0740. The maximum absolute atomic E-state index is 12.6. The van der Waals surface area contributed by atoms with Gasteiger partial charge in [0.15, 0.2) is 5.78 Å². The standard InChI is InChI=1S/C22H26ClNO/c1-17-5-7-19(8-6-17)22(25)20-9-11-21(12-10-20)24(16-14-23)15-13-18-3-2-4-18/h5-12,18H,2-4,13-16H2,1H3. The number of nitrogens with zero attached hydrogens (tertiary/aromatic N) is 1. The first kappa shape index (κ1) is 18.0. The molecule has 1 aliphatic rings. The van der Waals surface area contributed by atoms with Crippen LogP contribution in [-0.4, -0.2) is 24.8 Å². The van der Waals surface area contributed by atoms with Gasteiger partial charge < -0.3 is 4.90 Å². The van der Waals surface area contributed by atoms with Crippen LogP contribution in [-0.2, 0) is 0 Å². The van der Waals surface area contributed by atoms with Crippen LogP contribution in [0.3, 0.4) is 0 Å². The van der Waals surface area contributed by atoms with Crippen LogP contribution < -0.4 is 4.90 Å². The van der Waals surface area contributed by atoms with Crippen molar-refractivity contribution in [2.24, 2.45) is 5.92 Å². The van der Waals surface area contributed by atoms with E-state index in [1.54, 1.807) is 0 Å².